The van der Waals surface area contributed by atoms with Gasteiger partial charge in [0.15, 0.2) is 0 Å². The lowest BCUT2D eigenvalue weighted by Gasteiger charge is -2.45. The largest absolute Gasteiger partial charge is 0.335 e. The van der Waals surface area contributed by atoms with E-state index < -0.39 is 0 Å². The van der Waals surface area contributed by atoms with Gasteiger partial charge in [-0.25, -0.2) is 0 Å². The van der Waals surface area contributed by atoms with Crippen LogP contribution in [0.15, 0.2) is 91.0 Å². The molecule has 1 unspecified atom stereocenters. The minimum Gasteiger partial charge on any atom is -0.335 e. The fourth-order valence-electron chi connectivity index (χ4n) is 5.48. The van der Waals surface area contributed by atoms with E-state index in [9.17, 15) is 0 Å². The molecule has 2 heteroatoms. The normalized spacial score (nSPS) is 21.4. The van der Waals surface area contributed by atoms with Gasteiger partial charge < -0.3 is 4.90 Å². The maximum Gasteiger partial charge on any atom is 0.223 e. The molecule has 0 bridgehead atoms. The zero-order valence-electron chi connectivity index (χ0n) is 15.3. The van der Waals surface area contributed by atoms with E-state index >= 15 is 0 Å². The van der Waals surface area contributed by atoms with Crippen molar-refractivity contribution in [3.63, 3.8) is 0 Å². The standard InChI is InChI=1S/C25H20BN/c1-17-9-7-15-22-24(17)26-21-14-6-5-12-19(21)20-13-8-16-23(25(20)26)27(22)18-10-3-2-4-11-18/h2-16,23,25H,1H3/t23?,25-/m1/s1. The fraction of sp³-hybridized carbons (Fsp3) is 0.120. The van der Waals surface area contributed by atoms with Crippen LogP contribution in [-0.2, 0) is 0 Å². The SMILES string of the molecule is Cc1cccc2c1B1c3ccccc3C3=CC=CC([C@H]13)N2c1ccccc1. The molecule has 1 nitrogen and oxygen atoms in total. The number of benzene rings is 3. The molecule has 2 atom stereocenters. The average Bonchev–Trinajstić information content (AvgIpc) is 3.05. The number of allylic oxidation sites excluding steroid dienone is 2. The van der Waals surface area contributed by atoms with Crippen molar-refractivity contribution in [3.05, 3.63) is 102 Å². The van der Waals surface area contributed by atoms with E-state index in [4.69, 9.17) is 0 Å². The lowest BCUT2D eigenvalue weighted by Crippen LogP contribution is -2.56. The first kappa shape index (κ1) is 15.1. The first-order chi connectivity index (χ1) is 13.3. The second kappa shape index (κ2) is 5.50. The Balaban J connectivity index is 1.68. The molecule has 0 spiro atoms. The molecule has 2 aliphatic heterocycles. The topological polar surface area (TPSA) is 3.24 Å². The van der Waals surface area contributed by atoms with Gasteiger partial charge in [-0.15, -0.1) is 0 Å². The summed E-state index contributed by atoms with van der Waals surface area (Å²) in [7, 11) is 0. The van der Waals surface area contributed by atoms with Crippen molar-refractivity contribution in [2.75, 3.05) is 4.90 Å². The summed E-state index contributed by atoms with van der Waals surface area (Å²) in [5.74, 6) is 0.473. The van der Waals surface area contributed by atoms with Gasteiger partial charge in [0.05, 0.1) is 6.04 Å². The predicted molar refractivity (Wildman–Crippen MR) is 116 cm³/mol. The van der Waals surface area contributed by atoms with E-state index in [-0.39, 0.29) is 0 Å². The fourth-order valence-corrected chi connectivity index (χ4v) is 5.48. The van der Waals surface area contributed by atoms with Crippen LogP contribution in [0.4, 0.5) is 11.4 Å². The molecule has 0 amide bonds. The van der Waals surface area contributed by atoms with Crippen molar-refractivity contribution in [3.8, 4) is 0 Å². The van der Waals surface area contributed by atoms with Crippen molar-refractivity contribution in [1.29, 1.82) is 0 Å². The Morgan fingerprint density at radius 3 is 2.56 bits per heavy atom. The Kier molecular flexibility index (Phi) is 3.08. The zero-order valence-corrected chi connectivity index (χ0v) is 15.3. The third kappa shape index (κ3) is 1.96. The summed E-state index contributed by atoms with van der Waals surface area (Å²) < 4.78 is 0. The minimum atomic E-state index is 0.346. The maximum atomic E-state index is 2.55. The van der Waals surface area contributed by atoms with Crippen molar-refractivity contribution in [2.45, 2.75) is 18.8 Å². The van der Waals surface area contributed by atoms with Gasteiger partial charge in [0.25, 0.3) is 0 Å². The van der Waals surface area contributed by atoms with Crippen molar-refractivity contribution < 1.29 is 0 Å². The van der Waals surface area contributed by atoms with Crippen molar-refractivity contribution in [2.24, 2.45) is 0 Å². The molecule has 128 valence electrons. The number of aryl methyl sites for hydroxylation is 1. The van der Waals surface area contributed by atoms with Crippen LogP contribution in [0.1, 0.15) is 11.1 Å². The van der Waals surface area contributed by atoms with Gasteiger partial charge in [-0.1, -0.05) is 83.9 Å². The highest BCUT2D eigenvalue weighted by atomic mass is 15.2. The summed E-state index contributed by atoms with van der Waals surface area (Å²) in [6.45, 7) is 2.71. The summed E-state index contributed by atoms with van der Waals surface area (Å²) in [6.07, 6.45) is 6.99. The van der Waals surface area contributed by atoms with Crippen molar-refractivity contribution >= 4 is 34.6 Å². The van der Waals surface area contributed by atoms with Crippen LogP contribution in [0, 0.1) is 6.92 Å². The smallest absolute Gasteiger partial charge is 0.223 e. The number of anilines is 2. The highest BCUT2D eigenvalue weighted by Gasteiger charge is 2.51. The lowest BCUT2D eigenvalue weighted by molar-refractivity contribution is 0.782. The Labute approximate surface area is 160 Å². The van der Waals surface area contributed by atoms with Crippen LogP contribution in [0.2, 0.25) is 5.82 Å². The maximum absolute atomic E-state index is 2.55. The van der Waals surface area contributed by atoms with Gasteiger partial charge in [0.1, 0.15) is 0 Å². The summed E-state index contributed by atoms with van der Waals surface area (Å²) in [5.41, 5.74) is 9.94. The quantitative estimate of drug-likeness (QED) is 0.589. The number of para-hydroxylation sites is 1. The minimum absolute atomic E-state index is 0.346. The van der Waals surface area contributed by atoms with Gasteiger partial charge in [-0.2, -0.15) is 0 Å². The second-order valence-corrected chi connectivity index (χ2v) is 7.80. The molecule has 0 N–H and O–H groups in total. The predicted octanol–water partition coefficient (Wildman–Crippen LogP) is 4.46. The van der Waals surface area contributed by atoms with Crippen LogP contribution >= 0.6 is 0 Å². The molecule has 2 heterocycles. The molecule has 0 saturated carbocycles. The third-order valence-corrected chi connectivity index (χ3v) is 6.48. The molecule has 1 aliphatic carbocycles. The van der Waals surface area contributed by atoms with E-state index in [1.165, 1.54) is 39.0 Å². The second-order valence-electron chi connectivity index (χ2n) is 7.80. The average molecular weight is 345 g/mol. The highest BCUT2D eigenvalue weighted by molar-refractivity contribution is 6.92. The number of nitrogens with zero attached hydrogens (tertiary/aromatic N) is 1. The number of rotatable bonds is 1. The first-order valence-electron chi connectivity index (χ1n) is 9.76. The molecule has 0 fully saturated rings. The highest BCUT2D eigenvalue weighted by Crippen LogP contribution is 2.49. The van der Waals surface area contributed by atoms with Gasteiger partial charge in [0, 0.05) is 11.4 Å². The molecular weight excluding hydrogens is 325 g/mol. The van der Waals surface area contributed by atoms with Gasteiger partial charge >= 0.3 is 0 Å². The lowest BCUT2D eigenvalue weighted by atomic mass is 9.32. The molecule has 0 aromatic heterocycles. The zero-order chi connectivity index (χ0) is 18.0. The van der Waals surface area contributed by atoms with Crippen LogP contribution in [0.25, 0.3) is 5.57 Å². The molecule has 27 heavy (non-hydrogen) atoms. The van der Waals surface area contributed by atoms with E-state index in [1.54, 1.807) is 0 Å². The van der Waals surface area contributed by atoms with E-state index in [0.29, 0.717) is 18.6 Å². The summed E-state index contributed by atoms with van der Waals surface area (Å²) in [5, 5.41) is 0. The van der Waals surface area contributed by atoms with Crippen molar-refractivity contribution in [1.82, 2.24) is 0 Å². The van der Waals surface area contributed by atoms with Crippen LogP contribution in [0.5, 0.6) is 0 Å². The molecular formula is C25H20BN. The molecule has 0 radical (unpaired) electrons. The Hall–Kier alpha value is -3.00. The van der Waals surface area contributed by atoms with E-state index in [1.807, 2.05) is 0 Å². The van der Waals surface area contributed by atoms with E-state index in [2.05, 4.69) is 103 Å². The van der Waals surface area contributed by atoms with E-state index in [0.717, 1.165) is 0 Å². The van der Waals surface area contributed by atoms with Crippen LogP contribution in [0.3, 0.4) is 0 Å². The molecule has 3 aromatic carbocycles. The molecule has 3 aromatic rings. The molecule has 6 rings (SSSR count). The molecule has 3 aliphatic rings. The Morgan fingerprint density at radius 1 is 0.852 bits per heavy atom. The Morgan fingerprint density at radius 2 is 1.67 bits per heavy atom. The molecule has 0 saturated heterocycles. The van der Waals surface area contributed by atoms with Gasteiger partial charge in [-0.05, 0) is 47.5 Å². The monoisotopic (exact) mass is 345 g/mol. The summed E-state index contributed by atoms with van der Waals surface area (Å²) in [6, 6.07) is 27.0. The first-order valence-corrected chi connectivity index (χ1v) is 9.76. The summed E-state index contributed by atoms with van der Waals surface area (Å²) >= 11 is 0. The van der Waals surface area contributed by atoms with Gasteiger partial charge in [-0.3, -0.25) is 0 Å². The number of fused-ring (bicyclic) bond motifs is 5. The summed E-state index contributed by atoms with van der Waals surface area (Å²) in [4.78, 5) is 2.55. The van der Waals surface area contributed by atoms with Crippen LogP contribution < -0.4 is 15.8 Å². The number of hydrogen-bond acceptors (Lipinski definition) is 1. The van der Waals surface area contributed by atoms with Crippen LogP contribution in [-0.4, -0.2) is 12.8 Å². The van der Waals surface area contributed by atoms with Gasteiger partial charge in [0.2, 0.25) is 6.71 Å². The third-order valence-electron chi connectivity index (χ3n) is 6.48. The Bertz CT molecular complexity index is 1110. The number of hydrogen-bond donors (Lipinski definition) is 0.